The second-order valence-electron chi connectivity index (χ2n) is 6.11. The molecule has 0 radical (unpaired) electrons. The Morgan fingerprint density at radius 3 is 2.52 bits per heavy atom. The third kappa shape index (κ3) is 6.48. The van der Waals surface area contributed by atoms with E-state index in [9.17, 15) is 13.2 Å². The molecule has 1 heterocycles. The van der Waals surface area contributed by atoms with Crippen molar-refractivity contribution in [2.24, 2.45) is 0 Å². The van der Waals surface area contributed by atoms with Crippen molar-refractivity contribution < 1.29 is 13.2 Å². The Kier molecular flexibility index (Phi) is 9.28. The molecule has 1 aliphatic rings. The predicted molar refractivity (Wildman–Crippen MR) is 99.6 cm³/mol. The molecule has 1 atom stereocenters. The van der Waals surface area contributed by atoms with E-state index in [2.05, 4.69) is 16.8 Å². The first-order chi connectivity index (χ1) is 11.4. The summed E-state index contributed by atoms with van der Waals surface area (Å²) in [6.45, 7) is 7.04. The number of hydrogen-bond acceptors (Lipinski definition) is 2. The minimum Gasteiger partial charge on any atom is -0.314 e. The predicted octanol–water partition coefficient (Wildman–Crippen LogP) is 5.47. The van der Waals surface area contributed by atoms with Crippen LogP contribution < -0.4 is 5.32 Å². The van der Waals surface area contributed by atoms with Crippen LogP contribution in [0.1, 0.15) is 42.9 Å². The first-order valence-electron chi connectivity index (χ1n) is 8.36. The lowest BCUT2D eigenvalue weighted by atomic mass is 9.96. The van der Waals surface area contributed by atoms with E-state index in [1.54, 1.807) is 0 Å². The van der Waals surface area contributed by atoms with Gasteiger partial charge >= 0.3 is 6.18 Å². The van der Waals surface area contributed by atoms with Crippen molar-refractivity contribution in [2.75, 3.05) is 26.2 Å². The van der Waals surface area contributed by atoms with E-state index in [1.165, 1.54) is 12.1 Å². The summed E-state index contributed by atoms with van der Waals surface area (Å²) in [5.74, 6) is 0. The molecule has 0 aliphatic carbocycles. The van der Waals surface area contributed by atoms with Crippen LogP contribution in [0.2, 0.25) is 5.02 Å². The van der Waals surface area contributed by atoms with Crippen LogP contribution in [-0.4, -0.2) is 31.1 Å². The average molecular weight is 397 g/mol. The number of piperazine rings is 1. The molecule has 1 saturated heterocycles. The van der Waals surface area contributed by atoms with Gasteiger partial charge in [-0.1, -0.05) is 24.1 Å². The van der Waals surface area contributed by atoms with Gasteiger partial charge in [-0.25, -0.2) is 0 Å². The van der Waals surface area contributed by atoms with E-state index in [4.69, 9.17) is 11.6 Å². The summed E-state index contributed by atoms with van der Waals surface area (Å²) in [5.41, 5.74) is -0.0416. The fourth-order valence-corrected chi connectivity index (χ4v) is 3.37. The number of nitrogens with zero attached hydrogens (tertiary/aromatic N) is 1. The van der Waals surface area contributed by atoms with Gasteiger partial charge in [0.2, 0.25) is 0 Å². The van der Waals surface area contributed by atoms with Crippen LogP contribution in [0, 0.1) is 0 Å². The second-order valence-corrected chi connectivity index (χ2v) is 6.52. The summed E-state index contributed by atoms with van der Waals surface area (Å²) in [6, 6.07) is 3.58. The number of alkyl halides is 3. The molecule has 7 heteroatoms. The van der Waals surface area contributed by atoms with E-state index >= 15 is 0 Å². The van der Waals surface area contributed by atoms with Crippen LogP contribution in [0.4, 0.5) is 13.2 Å². The summed E-state index contributed by atoms with van der Waals surface area (Å²) in [6.07, 6.45) is 1.17. The molecule has 1 fully saturated rings. The fraction of sp³-hybridized carbons (Fsp3) is 0.556. The highest BCUT2D eigenvalue weighted by molar-refractivity contribution is 6.31. The minimum absolute atomic E-state index is 0. The topological polar surface area (TPSA) is 15.3 Å². The molecule has 0 bridgehead atoms. The number of halogens is 5. The van der Waals surface area contributed by atoms with E-state index in [0.29, 0.717) is 10.6 Å². The molecule has 1 aromatic rings. The third-order valence-electron chi connectivity index (χ3n) is 4.41. The summed E-state index contributed by atoms with van der Waals surface area (Å²) in [4.78, 5) is 2.24. The lowest BCUT2D eigenvalue weighted by Crippen LogP contribution is -2.45. The van der Waals surface area contributed by atoms with Gasteiger partial charge in [0.05, 0.1) is 5.56 Å². The van der Waals surface area contributed by atoms with Crippen LogP contribution >= 0.6 is 24.0 Å². The van der Waals surface area contributed by atoms with Crippen molar-refractivity contribution in [3.05, 3.63) is 47.0 Å². The molecule has 2 nitrogen and oxygen atoms in total. The number of benzene rings is 1. The van der Waals surface area contributed by atoms with Gasteiger partial charge in [0.25, 0.3) is 0 Å². The molecule has 1 aromatic carbocycles. The first kappa shape index (κ1) is 22.3. The fourth-order valence-electron chi connectivity index (χ4n) is 3.13. The molecule has 1 aliphatic heterocycles. The maximum absolute atomic E-state index is 13.1. The highest BCUT2D eigenvalue weighted by atomic mass is 35.5. The molecule has 25 heavy (non-hydrogen) atoms. The first-order valence-corrected chi connectivity index (χ1v) is 8.73. The maximum atomic E-state index is 13.1. The zero-order chi connectivity index (χ0) is 17.6. The van der Waals surface area contributed by atoms with Gasteiger partial charge in [0.15, 0.2) is 0 Å². The van der Waals surface area contributed by atoms with E-state index in [1.807, 2.05) is 6.08 Å². The Morgan fingerprint density at radius 2 is 1.92 bits per heavy atom. The number of unbranched alkanes of at least 4 members (excludes halogenated alkanes) is 2. The smallest absolute Gasteiger partial charge is 0.314 e. The van der Waals surface area contributed by atoms with E-state index in [0.717, 1.165) is 57.9 Å². The van der Waals surface area contributed by atoms with Crippen LogP contribution in [0.25, 0.3) is 0 Å². The zero-order valence-corrected chi connectivity index (χ0v) is 15.7. The molecule has 1 N–H and O–H groups in total. The lowest BCUT2D eigenvalue weighted by molar-refractivity contribution is -0.137. The standard InChI is InChI=1S/C18H24ClF3N2.ClH/c1-2-3-4-5-6-17(24-11-9-23-10-12-24)15-13-14(18(20,21)22)7-8-16(15)19;/h2,7-8,13,17,23H,1,3-6,9-12H2;1H/t17-;/m0./s1. The average Bonchev–Trinajstić information content (AvgIpc) is 2.56. The second kappa shape index (κ2) is 10.4. The van der Waals surface area contributed by atoms with Gasteiger partial charge in [0.1, 0.15) is 0 Å². The van der Waals surface area contributed by atoms with Gasteiger partial charge < -0.3 is 5.32 Å². The SMILES string of the molecule is C=CCCCC[C@@H](c1cc(C(F)(F)F)ccc1Cl)N1CCNCC1.Cl. The number of hydrogen-bond donors (Lipinski definition) is 1. The summed E-state index contributed by atoms with van der Waals surface area (Å²) in [5, 5.41) is 3.69. The largest absolute Gasteiger partial charge is 0.416 e. The van der Waals surface area contributed by atoms with E-state index < -0.39 is 11.7 Å². The third-order valence-corrected chi connectivity index (χ3v) is 4.75. The Balaban J connectivity index is 0.00000312. The molecule has 142 valence electrons. The molecule has 2 rings (SSSR count). The van der Waals surface area contributed by atoms with Crippen molar-refractivity contribution in [3.8, 4) is 0 Å². The highest BCUT2D eigenvalue weighted by Gasteiger charge is 2.32. The van der Waals surface area contributed by atoms with Gasteiger partial charge in [-0.15, -0.1) is 19.0 Å². The number of rotatable bonds is 7. The Labute approximate surface area is 158 Å². The molecular weight excluding hydrogens is 372 g/mol. The van der Waals surface area contributed by atoms with Gasteiger partial charge in [-0.05, 0) is 43.0 Å². The lowest BCUT2D eigenvalue weighted by Gasteiger charge is -2.36. The van der Waals surface area contributed by atoms with Crippen molar-refractivity contribution in [3.63, 3.8) is 0 Å². The molecule has 0 unspecified atom stereocenters. The molecule has 0 saturated carbocycles. The maximum Gasteiger partial charge on any atom is 0.416 e. The summed E-state index contributed by atoms with van der Waals surface area (Å²) < 4.78 is 39.2. The zero-order valence-electron chi connectivity index (χ0n) is 14.1. The summed E-state index contributed by atoms with van der Waals surface area (Å²) in [7, 11) is 0. The van der Waals surface area contributed by atoms with Crippen LogP contribution in [0.3, 0.4) is 0 Å². The van der Waals surface area contributed by atoms with Crippen molar-refractivity contribution in [1.82, 2.24) is 10.2 Å². The summed E-state index contributed by atoms with van der Waals surface area (Å²) >= 11 is 6.27. The monoisotopic (exact) mass is 396 g/mol. The molecule has 0 amide bonds. The van der Waals surface area contributed by atoms with Crippen LogP contribution in [-0.2, 0) is 6.18 Å². The molecule has 0 aromatic heterocycles. The Morgan fingerprint density at radius 1 is 1.24 bits per heavy atom. The molecule has 0 spiro atoms. The number of nitrogens with one attached hydrogen (secondary N) is 1. The number of allylic oxidation sites excluding steroid dienone is 1. The van der Waals surface area contributed by atoms with Gasteiger partial charge in [-0.2, -0.15) is 13.2 Å². The quantitative estimate of drug-likeness (QED) is 0.485. The van der Waals surface area contributed by atoms with Crippen LogP contribution in [0.5, 0.6) is 0 Å². The Hall–Kier alpha value is -0.750. The van der Waals surface area contributed by atoms with Gasteiger partial charge in [-0.3, -0.25) is 4.90 Å². The normalized spacial score (nSPS) is 17.0. The van der Waals surface area contributed by atoms with Crippen LogP contribution in [0.15, 0.2) is 30.9 Å². The van der Waals surface area contributed by atoms with Crippen molar-refractivity contribution >= 4 is 24.0 Å². The highest BCUT2D eigenvalue weighted by Crippen LogP contribution is 2.37. The van der Waals surface area contributed by atoms with Crippen molar-refractivity contribution in [2.45, 2.75) is 37.9 Å². The Bertz CT molecular complexity index is 544. The van der Waals surface area contributed by atoms with Crippen molar-refractivity contribution in [1.29, 1.82) is 0 Å². The van der Waals surface area contributed by atoms with E-state index in [-0.39, 0.29) is 18.4 Å². The van der Waals surface area contributed by atoms with Gasteiger partial charge in [0, 0.05) is 37.2 Å². The molecular formula is C18H25Cl2F3N2. The minimum atomic E-state index is -4.35.